The molecule has 0 aliphatic rings. The molecule has 18 heavy (non-hydrogen) atoms. The minimum atomic E-state index is -3.69. The van der Waals surface area contributed by atoms with Crippen LogP contribution in [0.1, 0.15) is 0 Å². The summed E-state index contributed by atoms with van der Waals surface area (Å²) in [5.41, 5.74) is 0.210. The molecule has 2 rings (SSSR count). The van der Waals surface area contributed by atoms with E-state index in [4.69, 9.17) is 11.6 Å². The smallest absolute Gasteiger partial charge is 0.272 e. The maximum Gasteiger partial charge on any atom is 0.272 e. The van der Waals surface area contributed by atoms with Gasteiger partial charge in [0.25, 0.3) is 10.0 Å². The van der Waals surface area contributed by atoms with Crippen LogP contribution in [-0.2, 0) is 10.0 Å². The van der Waals surface area contributed by atoms with Gasteiger partial charge < -0.3 is 0 Å². The predicted molar refractivity (Wildman–Crippen MR) is 74.2 cm³/mol. The first-order valence-electron chi connectivity index (χ1n) is 4.61. The average Bonchev–Trinajstić information content (AvgIpc) is 2.70. The highest BCUT2D eigenvalue weighted by molar-refractivity contribution is 9.10. The van der Waals surface area contributed by atoms with Crippen molar-refractivity contribution in [3.05, 3.63) is 45.0 Å². The van der Waals surface area contributed by atoms with Crippen molar-refractivity contribution in [1.82, 2.24) is 0 Å². The van der Waals surface area contributed by atoms with Gasteiger partial charge >= 0.3 is 0 Å². The number of thiophene rings is 1. The second-order valence-electron chi connectivity index (χ2n) is 3.29. The molecule has 96 valence electrons. The van der Waals surface area contributed by atoms with Crippen molar-refractivity contribution in [3.8, 4) is 0 Å². The van der Waals surface area contributed by atoms with E-state index in [-0.39, 0.29) is 14.9 Å². The van der Waals surface area contributed by atoms with E-state index in [0.29, 0.717) is 4.47 Å². The summed E-state index contributed by atoms with van der Waals surface area (Å²) >= 11 is 9.81. The zero-order chi connectivity index (χ0) is 13.3. The van der Waals surface area contributed by atoms with Gasteiger partial charge in [0.15, 0.2) is 4.21 Å². The van der Waals surface area contributed by atoms with E-state index < -0.39 is 15.8 Å². The second-order valence-corrected chi connectivity index (χ2v) is 7.35. The third-order valence-electron chi connectivity index (χ3n) is 2.00. The first-order valence-corrected chi connectivity index (χ1v) is 8.14. The number of hydrogen-bond acceptors (Lipinski definition) is 3. The highest BCUT2D eigenvalue weighted by Gasteiger charge is 2.19. The molecular formula is C10H6BrClFNO2S2. The van der Waals surface area contributed by atoms with E-state index in [0.717, 1.165) is 17.4 Å². The number of anilines is 1. The van der Waals surface area contributed by atoms with Crippen LogP contribution in [0.15, 0.2) is 38.3 Å². The van der Waals surface area contributed by atoms with E-state index in [1.807, 2.05) is 0 Å². The topological polar surface area (TPSA) is 46.2 Å². The lowest BCUT2D eigenvalue weighted by Gasteiger charge is -2.07. The van der Waals surface area contributed by atoms with Gasteiger partial charge in [0, 0.05) is 4.47 Å². The fourth-order valence-corrected chi connectivity index (χ4v) is 4.80. The maximum atomic E-state index is 13.0. The van der Waals surface area contributed by atoms with Gasteiger partial charge in [0.1, 0.15) is 5.82 Å². The van der Waals surface area contributed by atoms with E-state index in [1.54, 1.807) is 11.4 Å². The quantitative estimate of drug-likeness (QED) is 0.884. The monoisotopic (exact) mass is 369 g/mol. The van der Waals surface area contributed by atoms with Gasteiger partial charge in [-0.05, 0) is 45.6 Å². The fourth-order valence-electron chi connectivity index (χ4n) is 1.23. The van der Waals surface area contributed by atoms with Crippen molar-refractivity contribution in [3.63, 3.8) is 0 Å². The van der Waals surface area contributed by atoms with Crippen LogP contribution in [0.2, 0.25) is 5.02 Å². The SMILES string of the molecule is O=S(=O)(Nc1ccc(F)c(Cl)c1)c1sccc1Br. The van der Waals surface area contributed by atoms with Gasteiger partial charge in [-0.25, -0.2) is 12.8 Å². The van der Waals surface area contributed by atoms with Crippen LogP contribution in [0.4, 0.5) is 10.1 Å². The number of hydrogen-bond donors (Lipinski definition) is 1. The van der Waals surface area contributed by atoms with Gasteiger partial charge in [0.05, 0.1) is 10.7 Å². The van der Waals surface area contributed by atoms with Gasteiger partial charge in [-0.15, -0.1) is 11.3 Å². The third-order valence-corrected chi connectivity index (χ3v) is 6.34. The maximum absolute atomic E-state index is 13.0. The van der Waals surface area contributed by atoms with Crippen LogP contribution in [0.5, 0.6) is 0 Å². The van der Waals surface area contributed by atoms with Crippen molar-refractivity contribution in [2.45, 2.75) is 4.21 Å². The van der Waals surface area contributed by atoms with Crippen LogP contribution in [0, 0.1) is 5.82 Å². The molecule has 0 aliphatic heterocycles. The largest absolute Gasteiger partial charge is 0.279 e. The van der Waals surface area contributed by atoms with Crippen molar-refractivity contribution >= 4 is 54.6 Å². The zero-order valence-electron chi connectivity index (χ0n) is 8.65. The molecule has 0 bridgehead atoms. The normalized spacial score (nSPS) is 11.5. The molecular weight excluding hydrogens is 365 g/mol. The zero-order valence-corrected chi connectivity index (χ0v) is 12.6. The lowest BCUT2D eigenvalue weighted by atomic mass is 10.3. The summed E-state index contributed by atoms with van der Waals surface area (Å²) in [5, 5.41) is 1.51. The number of halogens is 3. The highest BCUT2D eigenvalue weighted by Crippen LogP contribution is 2.30. The minimum Gasteiger partial charge on any atom is -0.279 e. The Morgan fingerprint density at radius 1 is 1.33 bits per heavy atom. The van der Waals surface area contributed by atoms with E-state index >= 15 is 0 Å². The number of sulfonamides is 1. The Morgan fingerprint density at radius 3 is 2.61 bits per heavy atom. The summed E-state index contributed by atoms with van der Waals surface area (Å²) in [6, 6.07) is 5.26. The molecule has 0 unspecified atom stereocenters. The number of benzene rings is 1. The first-order chi connectivity index (χ1) is 8.40. The fraction of sp³-hybridized carbons (Fsp3) is 0. The summed E-state index contributed by atoms with van der Waals surface area (Å²) in [6.45, 7) is 0. The Kier molecular flexibility index (Phi) is 3.96. The van der Waals surface area contributed by atoms with Crippen LogP contribution < -0.4 is 4.72 Å². The van der Waals surface area contributed by atoms with Gasteiger partial charge in [-0.2, -0.15) is 0 Å². The lowest BCUT2D eigenvalue weighted by Crippen LogP contribution is -2.12. The molecule has 2 aromatic rings. The third kappa shape index (κ3) is 2.85. The molecule has 3 nitrogen and oxygen atoms in total. The molecule has 1 aromatic carbocycles. The molecule has 0 fully saturated rings. The van der Waals surface area contributed by atoms with Crippen LogP contribution in [0.3, 0.4) is 0 Å². The Labute approximate surface area is 121 Å². The minimum absolute atomic E-state index is 0.138. The summed E-state index contributed by atoms with van der Waals surface area (Å²) in [6.07, 6.45) is 0. The first kappa shape index (κ1) is 13.8. The van der Waals surface area contributed by atoms with Crippen molar-refractivity contribution < 1.29 is 12.8 Å². The standard InChI is InChI=1S/C10H6BrClFNO2S2/c11-7-3-4-17-10(7)18(15,16)14-6-1-2-9(13)8(12)5-6/h1-5,14H. The molecule has 0 saturated carbocycles. The Balaban J connectivity index is 2.34. The van der Waals surface area contributed by atoms with Crippen LogP contribution >= 0.6 is 38.9 Å². The molecule has 0 saturated heterocycles. The lowest BCUT2D eigenvalue weighted by molar-refractivity contribution is 0.602. The molecule has 0 radical (unpaired) electrons. The van der Waals surface area contributed by atoms with Crippen LogP contribution in [-0.4, -0.2) is 8.42 Å². The van der Waals surface area contributed by atoms with Crippen molar-refractivity contribution in [2.75, 3.05) is 4.72 Å². The molecule has 0 atom stereocenters. The summed E-state index contributed by atoms with van der Waals surface area (Å²) in [5.74, 6) is -0.600. The Hall–Kier alpha value is -0.630. The van der Waals surface area contributed by atoms with Gasteiger partial charge in [-0.1, -0.05) is 11.6 Å². The molecule has 1 N–H and O–H groups in total. The molecule has 0 spiro atoms. The molecule has 1 heterocycles. The number of rotatable bonds is 3. The van der Waals surface area contributed by atoms with Gasteiger partial charge in [0.2, 0.25) is 0 Å². The van der Waals surface area contributed by atoms with Crippen molar-refractivity contribution in [2.24, 2.45) is 0 Å². The Morgan fingerprint density at radius 2 is 2.06 bits per heavy atom. The number of nitrogens with one attached hydrogen (secondary N) is 1. The van der Waals surface area contributed by atoms with E-state index in [2.05, 4.69) is 20.7 Å². The van der Waals surface area contributed by atoms with E-state index in [9.17, 15) is 12.8 Å². The molecule has 0 aliphatic carbocycles. The second kappa shape index (κ2) is 5.16. The average molecular weight is 371 g/mol. The molecule has 8 heteroatoms. The van der Waals surface area contributed by atoms with Gasteiger partial charge in [-0.3, -0.25) is 4.72 Å². The summed E-state index contributed by atoms with van der Waals surface area (Å²) < 4.78 is 39.9. The summed E-state index contributed by atoms with van der Waals surface area (Å²) in [7, 11) is -3.69. The van der Waals surface area contributed by atoms with Crippen molar-refractivity contribution in [1.29, 1.82) is 0 Å². The Bertz CT molecular complexity index is 687. The molecule has 0 amide bonds. The van der Waals surface area contributed by atoms with Crippen LogP contribution in [0.25, 0.3) is 0 Å². The predicted octanol–water partition coefficient (Wildman–Crippen LogP) is 4.10. The summed E-state index contributed by atoms with van der Waals surface area (Å²) in [4.78, 5) is 0. The highest BCUT2D eigenvalue weighted by atomic mass is 79.9. The van der Waals surface area contributed by atoms with E-state index in [1.165, 1.54) is 12.1 Å². The molecule has 1 aromatic heterocycles.